The number of nitrogens with zero attached hydrogens (tertiary/aromatic N) is 5. The van der Waals surface area contributed by atoms with Crippen LogP contribution in [0.5, 0.6) is 5.75 Å². The Bertz CT molecular complexity index is 1540. The molecule has 3 heterocycles. The van der Waals surface area contributed by atoms with Crippen molar-refractivity contribution in [1.29, 1.82) is 0 Å². The van der Waals surface area contributed by atoms with Crippen molar-refractivity contribution in [2.24, 2.45) is 0 Å². The highest BCUT2D eigenvalue weighted by Crippen LogP contribution is 2.37. The van der Waals surface area contributed by atoms with Crippen molar-refractivity contribution in [2.75, 3.05) is 5.32 Å². The maximum atomic E-state index is 13.0. The van der Waals surface area contributed by atoms with Crippen LogP contribution in [0.15, 0.2) is 49.1 Å². The molecule has 1 amide bonds. The molecule has 0 saturated heterocycles. The Kier molecular flexibility index (Phi) is 7.25. The molecule has 0 spiro atoms. The van der Waals surface area contributed by atoms with Crippen LogP contribution in [0, 0.1) is 0 Å². The van der Waals surface area contributed by atoms with E-state index in [9.17, 15) is 36.3 Å². The predicted molar refractivity (Wildman–Crippen MR) is 117 cm³/mol. The van der Waals surface area contributed by atoms with Crippen LogP contribution in [0.25, 0.3) is 16.9 Å². The standard InChI is InChI=1S/C21H12ClF5N6O5/c22-10-2-3-14(37-20(23)24)11(6-10)16-13(8-32(31-16)9-15(34)38-19(36)21(25,26)27)30-18(35)12-7-29-33-5-1-4-28-17(12)33/h1-8,20H,9H2,(H,30,35). The number of hydrogen-bond acceptors (Lipinski definition) is 8. The van der Waals surface area contributed by atoms with Gasteiger partial charge in [0.1, 0.15) is 23.6 Å². The topological polar surface area (TPSA) is 130 Å². The van der Waals surface area contributed by atoms with Crippen LogP contribution < -0.4 is 10.1 Å². The van der Waals surface area contributed by atoms with E-state index in [0.717, 1.165) is 16.9 Å². The average Bonchev–Trinajstić information content (AvgIpc) is 3.43. The van der Waals surface area contributed by atoms with Gasteiger partial charge in [0.15, 0.2) is 5.65 Å². The Morgan fingerprint density at radius 1 is 1.18 bits per heavy atom. The van der Waals surface area contributed by atoms with Crippen LogP contribution >= 0.6 is 11.6 Å². The number of carbonyl (C=O) groups is 3. The van der Waals surface area contributed by atoms with Crippen molar-refractivity contribution in [2.45, 2.75) is 19.3 Å². The molecule has 38 heavy (non-hydrogen) atoms. The molecule has 11 nitrogen and oxygen atoms in total. The number of rotatable bonds is 7. The van der Waals surface area contributed by atoms with Gasteiger partial charge in [-0.3, -0.25) is 9.48 Å². The summed E-state index contributed by atoms with van der Waals surface area (Å²) in [4.78, 5) is 39.9. The molecule has 17 heteroatoms. The number of alkyl halides is 5. The van der Waals surface area contributed by atoms with Crippen LogP contribution in [-0.2, 0) is 20.9 Å². The zero-order chi connectivity index (χ0) is 27.6. The molecule has 4 rings (SSSR count). The van der Waals surface area contributed by atoms with Gasteiger partial charge in [-0.15, -0.1) is 0 Å². The summed E-state index contributed by atoms with van der Waals surface area (Å²) in [6, 6.07) is 5.07. The first-order valence-electron chi connectivity index (χ1n) is 10.2. The van der Waals surface area contributed by atoms with Crippen LogP contribution in [-0.4, -0.2) is 55.0 Å². The Balaban J connectivity index is 1.72. The van der Waals surface area contributed by atoms with Crippen LogP contribution in [0.4, 0.5) is 27.6 Å². The second-order valence-electron chi connectivity index (χ2n) is 7.27. The van der Waals surface area contributed by atoms with Crippen molar-refractivity contribution in [3.63, 3.8) is 0 Å². The Labute approximate surface area is 212 Å². The number of carbonyl (C=O) groups excluding carboxylic acids is 3. The molecule has 0 aliphatic carbocycles. The molecule has 4 aromatic rings. The largest absolute Gasteiger partial charge is 0.491 e. The van der Waals surface area contributed by atoms with Gasteiger partial charge < -0.3 is 14.8 Å². The first-order valence-corrected chi connectivity index (χ1v) is 10.5. The number of nitrogens with one attached hydrogen (secondary N) is 1. The Morgan fingerprint density at radius 3 is 2.66 bits per heavy atom. The first kappa shape index (κ1) is 26.5. The van der Waals surface area contributed by atoms with Crippen molar-refractivity contribution in [1.82, 2.24) is 24.4 Å². The maximum absolute atomic E-state index is 13.0. The lowest BCUT2D eigenvalue weighted by molar-refractivity contribution is -0.202. The van der Waals surface area contributed by atoms with Gasteiger partial charge in [0.25, 0.3) is 5.91 Å². The van der Waals surface area contributed by atoms with Gasteiger partial charge >= 0.3 is 24.7 Å². The fraction of sp³-hybridized carbons (Fsp3) is 0.143. The van der Waals surface area contributed by atoms with Gasteiger partial charge in [0.05, 0.1) is 11.9 Å². The number of amides is 1. The molecule has 0 aliphatic heterocycles. The number of anilines is 1. The monoisotopic (exact) mass is 558 g/mol. The second-order valence-corrected chi connectivity index (χ2v) is 7.70. The highest BCUT2D eigenvalue weighted by Gasteiger charge is 2.42. The fourth-order valence-electron chi connectivity index (χ4n) is 3.18. The molecule has 0 unspecified atom stereocenters. The molecular weight excluding hydrogens is 547 g/mol. The third-order valence-electron chi connectivity index (χ3n) is 4.68. The van der Waals surface area contributed by atoms with Gasteiger partial charge in [0.2, 0.25) is 0 Å². The predicted octanol–water partition coefficient (Wildman–Crippen LogP) is 3.73. The summed E-state index contributed by atoms with van der Waals surface area (Å²) < 4.78 is 73.5. The minimum Gasteiger partial charge on any atom is -0.434 e. The third kappa shape index (κ3) is 5.86. The highest BCUT2D eigenvalue weighted by molar-refractivity contribution is 6.31. The summed E-state index contributed by atoms with van der Waals surface area (Å²) in [6.45, 7) is -4.28. The van der Waals surface area contributed by atoms with Gasteiger partial charge in [-0.2, -0.15) is 32.1 Å². The summed E-state index contributed by atoms with van der Waals surface area (Å²) >= 11 is 6.00. The molecule has 0 aliphatic rings. The lowest BCUT2D eigenvalue weighted by atomic mass is 10.1. The molecule has 198 valence electrons. The zero-order valence-electron chi connectivity index (χ0n) is 18.4. The summed E-state index contributed by atoms with van der Waals surface area (Å²) in [7, 11) is 0. The minimum atomic E-state index is -5.42. The molecule has 1 N–H and O–H groups in total. The number of benzene rings is 1. The zero-order valence-corrected chi connectivity index (χ0v) is 19.2. The van der Waals surface area contributed by atoms with E-state index in [4.69, 9.17) is 11.6 Å². The third-order valence-corrected chi connectivity index (χ3v) is 4.91. The summed E-state index contributed by atoms with van der Waals surface area (Å²) in [5.41, 5.74) is -0.450. The molecule has 0 saturated carbocycles. The van der Waals surface area contributed by atoms with E-state index in [1.807, 2.05) is 0 Å². The number of aromatic nitrogens is 5. The smallest absolute Gasteiger partial charge is 0.434 e. The molecule has 0 radical (unpaired) electrons. The first-order chi connectivity index (χ1) is 17.9. The van der Waals surface area contributed by atoms with E-state index in [1.54, 1.807) is 6.07 Å². The van der Waals surface area contributed by atoms with Gasteiger partial charge in [-0.25, -0.2) is 19.1 Å². The molecule has 0 bridgehead atoms. The van der Waals surface area contributed by atoms with E-state index in [2.05, 4.69) is 30.0 Å². The summed E-state index contributed by atoms with van der Waals surface area (Å²) in [6.07, 6.45) is -0.290. The average molecular weight is 559 g/mol. The molecule has 3 aromatic heterocycles. The Morgan fingerprint density at radius 2 is 1.95 bits per heavy atom. The number of ether oxygens (including phenoxy) is 2. The quantitative estimate of drug-likeness (QED) is 0.206. The lowest BCUT2D eigenvalue weighted by Gasteiger charge is -2.11. The molecule has 0 atom stereocenters. The van der Waals surface area contributed by atoms with E-state index < -0.39 is 42.9 Å². The van der Waals surface area contributed by atoms with Crippen molar-refractivity contribution < 1.29 is 45.8 Å². The van der Waals surface area contributed by atoms with E-state index in [0.29, 0.717) is 0 Å². The Hall–Kier alpha value is -4.60. The van der Waals surface area contributed by atoms with E-state index in [-0.39, 0.29) is 33.2 Å². The minimum absolute atomic E-state index is 0.00497. The summed E-state index contributed by atoms with van der Waals surface area (Å²) in [5.74, 6) is -5.59. The fourth-order valence-corrected chi connectivity index (χ4v) is 3.35. The van der Waals surface area contributed by atoms with Crippen LogP contribution in [0.1, 0.15) is 10.4 Å². The van der Waals surface area contributed by atoms with Gasteiger partial charge in [-0.1, -0.05) is 11.6 Å². The van der Waals surface area contributed by atoms with Gasteiger partial charge in [-0.05, 0) is 24.3 Å². The molecule has 1 aromatic carbocycles. The lowest BCUT2D eigenvalue weighted by Crippen LogP contribution is -2.29. The van der Waals surface area contributed by atoms with Crippen LogP contribution in [0.3, 0.4) is 0 Å². The molecule has 0 fully saturated rings. The number of hydrogen-bond donors (Lipinski definition) is 1. The highest BCUT2D eigenvalue weighted by atomic mass is 35.5. The number of esters is 2. The van der Waals surface area contributed by atoms with Crippen molar-refractivity contribution in [3.05, 3.63) is 59.6 Å². The molecular formula is C21H12ClF5N6O5. The van der Waals surface area contributed by atoms with Crippen molar-refractivity contribution >= 4 is 40.8 Å². The van der Waals surface area contributed by atoms with E-state index >= 15 is 0 Å². The SMILES string of the molecule is O=C(Cn1cc(NC(=O)c2cnn3cccnc23)c(-c2cc(Cl)ccc2OC(F)F)n1)OC(=O)C(F)(F)F. The van der Waals surface area contributed by atoms with Crippen molar-refractivity contribution in [3.8, 4) is 17.0 Å². The number of fused-ring (bicyclic) bond motifs is 1. The number of halogens is 6. The van der Waals surface area contributed by atoms with Gasteiger partial charge in [0, 0.05) is 29.2 Å². The maximum Gasteiger partial charge on any atom is 0.491 e. The van der Waals surface area contributed by atoms with E-state index in [1.165, 1.54) is 35.2 Å². The normalized spacial score (nSPS) is 11.6. The van der Waals surface area contributed by atoms with Crippen LogP contribution in [0.2, 0.25) is 5.02 Å². The summed E-state index contributed by atoms with van der Waals surface area (Å²) in [5, 5.41) is 10.5. The second kappa shape index (κ2) is 10.4.